The van der Waals surface area contributed by atoms with Crippen LogP contribution in [0.2, 0.25) is 0 Å². The summed E-state index contributed by atoms with van der Waals surface area (Å²) in [5.74, 6) is 0.263. The maximum atomic E-state index is 15.1. The Morgan fingerprint density at radius 2 is 2.00 bits per heavy atom. The first-order valence-electron chi connectivity index (χ1n) is 12.8. The zero-order valence-corrected chi connectivity index (χ0v) is 21.5. The molecule has 0 bridgehead atoms. The number of aromatic nitrogens is 4. The lowest BCUT2D eigenvalue weighted by molar-refractivity contribution is 0.0961. The molecule has 2 atom stereocenters. The number of hydrogen-bond acceptors (Lipinski definition) is 5. The van der Waals surface area contributed by atoms with Crippen LogP contribution in [0.3, 0.4) is 0 Å². The molecule has 0 saturated carbocycles. The third-order valence-corrected chi connectivity index (χ3v) is 6.73. The minimum atomic E-state index is -2.45. The van der Waals surface area contributed by atoms with Crippen LogP contribution >= 0.6 is 0 Å². The number of halogens is 3. The van der Waals surface area contributed by atoms with E-state index in [1.165, 1.54) is 0 Å². The van der Waals surface area contributed by atoms with Crippen LogP contribution < -0.4 is 5.32 Å². The number of aryl methyl sites for hydroxylation is 1. The zero-order valence-electron chi connectivity index (χ0n) is 21.5. The quantitative estimate of drug-likeness (QED) is 0.330. The minimum Gasteiger partial charge on any atom is -0.347 e. The highest BCUT2D eigenvalue weighted by Gasteiger charge is 2.31. The molecule has 0 radical (unpaired) electrons. The monoisotopic (exact) mass is 510 g/mol. The molecule has 1 saturated heterocycles. The molecule has 1 aliphatic heterocycles. The van der Waals surface area contributed by atoms with Gasteiger partial charge in [-0.05, 0) is 48.1 Å². The van der Waals surface area contributed by atoms with Gasteiger partial charge < -0.3 is 5.32 Å². The summed E-state index contributed by atoms with van der Waals surface area (Å²) in [5, 5.41) is 8.75. The molecule has 1 fully saturated rings. The molecule has 4 heterocycles. The van der Waals surface area contributed by atoms with Gasteiger partial charge in [0.25, 0.3) is 0 Å². The summed E-state index contributed by atoms with van der Waals surface area (Å²) < 4.78 is 43.2. The number of alkyl halides is 3. The Morgan fingerprint density at radius 3 is 2.76 bits per heavy atom. The molecule has 5 rings (SSSR count). The van der Waals surface area contributed by atoms with Crippen LogP contribution in [0.1, 0.15) is 39.3 Å². The maximum Gasteiger partial charge on any atom is 0.241 e. The van der Waals surface area contributed by atoms with E-state index < -0.39 is 18.6 Å². The molecule has 1 aromatic carbocycles. The van der Waals surface area contributed by atoms with Crippen LogP contribution in [0.25, 0.3) is 27.5 Å². The van der Waals surface area contributed by atoms with Crippen LogP contribution in [0.4, 0.5) is 19.1 Å². The Hall–Kier alpha value is -3.20. The second-order valence-corrected chi connectivity index (χ2v) is 11.1. The number of likely N-dealkylation sites (tertiary alicyclic amines) is 1. The number of piperidine rings is 1. The number of nitrogens with zero attached hydrogens (tertiary/aromatic N) is 5. The lowest BCUT2D eigenvalue weighted by atomic mass is 9.94. The summed E-state index contributed by atoms with van der Waals surface area (Å²) in [5.41, 5.74) is 3.98. The van der Waals surface area contributed by atoms with Gasteiger partial charge in [0.15, 0.2) is 0 Å². The minimum absolute atomic E-state index is 0.0909. The number of nitrogens with one attached hydrogen (secondary N) is 1. The number of anilines is 1. The Balaban J connectivity index is 1.44. The molecule has 1 aliphatic rings. The highest BCUT2D eigenvalue weighted by Crippen LogP contribution is 2.31. The average molecular weight is 511 g/mol. The normalized spacial score (nSPS) is 19.2. The fourth-order valence-electron chi connectivity index (χ4n) is 5.17. The van der Waals surface area contributed by atoms with Crippen LogP contribution in [-0.2, 0) is 6.42 Å². The third-order valence-electron chi connectivity index (χ3n) is 6.73. The van der Waals surface area contributed by atoms with Gasteiger partial charge in [0.1, 0.15) is 6.17 Å². The van der Waals surface area contributed by atoms with Gasteiger partial charge in [-0.1, -0.05) is 32.9 Å². The van der Waals surface area contributed by atoms with Gasteiger partial charge in [-0.15, -0.1) is 5.10 Å². The zero-order chi connectivity index (χ0) is 26.2. The second kappa shape index (κ2) is 10.3. The van der Waals surface area contributed by atoms with E-state index in [1.54, 1.807) is 16.9 Å². The van der Waals surface area contributed by atoms with Crippen molar-refractivity contribution in [3.8, 4) is 11.1 Å². The van der Waals surface area contributed by atoms with E-state index >= 15 is 4.39 Å². The van der Waals surface area contributed by atoms with Crippen molar-refractivity contribution >= 4 is 22.4 Å². The van der Waals surface area contributed by atoms with Crippen molar-refractivity contribution in [3.05, 3.63) is 54.5 Å². The predicted molar refractivity (Wildman–Crippen MR) is 141 cm³/mol. The molecular formula is C28H33F3N6. The summed E-state index contributed by atoms with van der Waals surface area (Å²) in [6.07, 6.45) is 0.424. The van der Waals surface area contributed by atoms with Crippen LogP contribution in [-0.4, -0.2) is 62.8 Å². The molecule has 196 valence electrons. The fraction of sp³-hybridized carbons (Fsp3) is 0.464. The highest BCUT2D eigenvalue weighted by atomic mass is 19.3. The van der Waals surface area contributed by atoms with Crippen molar-refractivity contribution < 1.29 is 13.2 Å². The summed E-state index contributed by atoms with van der Waals surface area (Å²) in [6, 6.07) is 11.3. The first kappa shape index (κ1) is 25.4. The van der Waals surface area contributed by atoms with Crippen LogP contribution in [0.5, 0.6) is 0 Å². The Morgan fingerprint density at radius 1 is 1.16 bits per heavy atom. The Kier molecular flexibility index (Phi) is 7.07. The third kappa shape index (κ3) is 5.87. The number of hydrogen-bond donors (Lipinski definition) is 1. The molecule has 6 nitrogen and oxygen atoms in total. The lowest BCUT2D eigenvalue weighted by Crippen LogP contribution is -2.50. The molecular weight excluding hydrogens is 477 g/mol. The van der Waals surface area contributed by atoms with Crippen molar-refractivity contribution in [3.63, 3.8) is 0 Å². The predicted octanol–water partition coefficient (Wildman–Crippen LogP) is 6.01. The van der Waals surface area contributed by atoms with Gasteiger partial charge >= 0.3 is 0 Å². The molecule has 0 spiro atoms. The molecule has 1 N–H and O–H groups in total. The molecule has 9 heteroatoms. The second-order valence-electron chi connectivity index (χ2n) is 11.1. The van der Waals surface area contributed by atoms with Gasteiger partial charge in [0, 0.05) is 49.4 Å². The van der Waals surface area contributed by atoms with Crippen LogP contribution in [0.15, 0.2) is 48.8 Å². The molecule has 3 aromatic heterocycles. The van der Waals surface area contributed by atoms with Crippen molar-refractivity contribution in [2.45, 2.75) is 58.7 Å². The highest BCUT2D eigenvalue weighted by molar-refractivity contribution is 5.89. The number of rotatable bonds is 7. The van der Waals surface area contributed by atoms with Gasteiger partial charge in [-0.25, -0.2) is 22.7 Å². The molecule has 0 aliphatic carbocycles. The maximum absolute atomic E-state index is 15.1. The van der Waals surface area contributed by atoms with Crippen molar-refractivity contribution in [1.29, 1.82) is 0 Å². The first-order chi connectivity index (χ1) is 17.7. The van der Waals surface area contributed by atoms with Gasteiger partial charge in [0.2, 0.25) is 12.4 Å². The van der Waals surface area contributed by atoms with Crippen molar-refractivity contribution in [1.82, 2.24) is 24.5 Å². The standard InChI is InChI=1S/C28H33F3N6/c1-28(2,3)17-36-13-11-23(21(29)16-36)33-27-34-24(8-9-25(30)31)26-20(10-14-37(26)35-27)18-6-7-22-19(15-18)5-4-12-32-22/h4-7,10,12,14-15,21,23,25H,8-9,11,13,16-17H2,1-3H3,(H,33,35). The van der Waals surface area contributed by atoms with E-state index in [0.717, 1.165) is 35.1 Å². The summed E-state index contributed by atoms with van der Waals surface area (Å²) >= 11 is 0. The Bertz CT molecular complexity index is 1380. The van der Waals surface area contributed by atoms with E-state index in [-0.39, 0.29) is 24.2 Å². The van der Waals surface area contributed by atoms with E-state index in [1.807, 2.05) is 36.4 Å². The molecule has 37 heavy (non-hydrogen) atoms. The lowest BCUT2D eigenvalue weighted by Gasteiger charge is -2.38. The van der Waals surface area contributed by atoms with Crippen molar-refractivity contribution in [2.75, 3.05) is 25.0 Å². The SMILES string of the molecule is CC(C)(C)CN1CCC(Nc2nc(CCC(F)F)c3c(-c4ccc5ncccc5c4)ccn3n2)C(F)C1. The summed E-state index contributed by atoms with van der Waals surface area (Å²) in [7, 11) is 0. The van der Waals surface area contributed by atoms with E-state index in [2.05, 4.69) is 46.1 Å². The van der Waals surface area contributed by atoms with Crippen molar-refractivity contribution in [2.24, 2.45) is 5.41 Å². The molecule has 2 unspecified atom stereocenters. The van der Waals surface area contributed by atoms with Crippen LogP contribution in [0, 0.1) is 5.41 Å². The van der Waals surface area contributed by atoms with E-state index in [9.17, 15) is 8.78 Å². The fourth-order valence-corrected chi connectivity index (χ4v) is 5.17. The van der Waals surface area contributed by atoms with E-state index in [4.69, 9.17) is 0 Å². The molecule has 0 amide bonds. The van der Waals surface area contributed by atoms with Gasteiger partial charge in [-0.3, -0.25) is 9.88 Å². The number of fused-ring (bicyclic) bond motifs is 2. The van der Waals surface area contributed by atoms with E-state index in [0.29, 0.717) is 24.2 Å². The molecule has 4 aromatic rings. The summed E-state index contributed by atoms with van der Waals surface area (Å²) in [6.45, 7) is 8.40. The number of benzene rings is 1. The first-order valence-corrected chi connectivity index (χ1v) is 12.8. The smallest absolute Gasteiger partial charge is 0.241 e. The van der Waals surface area contributed by atoms with Gasteiger partial charge in [-0.2, -0.15) is 0 Å². The Labute approximate surface area is 214 Å². The average Bonchev–Trinajstić information content (AvgIpc) is 3.27. The summed E-state index contributed by atoms with van der Waals surface area (Å²) in [4.78, 5) is 11.2. The topological polar surface area (TPSA) is 58.3 Å². The number of pyridine rings is 1. The van der Waals surface area contributed by atoms with Gasteiger partial charge in [0.05, 0.1) is 22.8 Å². The largest absolute Gasteiger partial charge is 0.347 e.